The van der Waals surface area contributed by atoms with Gasteiger partial charge in [0.1, 0.15) is 18.0 Å². The van der Waals surface area contributed by atoms with Crippen molar-refractivity contribution < 1.29 is 24.5 Å². The van der Waals surface area contributed by atoms with E-state index < -0.39 is 30.4 Å². The maximum absolute atomic E-state index is 12.1. The van der Waals surface area contributed by atoms with Gasteiger partial charge in [-0.15, -0.1) is 0 Å². The van der Waals surface area contributed by atoms with Gasteiger partial charge in [-0.1, -0.05) is 42.5 Å². The molecule has 0 bridgehead atoms. The number of aliphatic hydroxyl groups excluding tert-OH is 2. The average Bonchev–Trinajstić information content (AvgIpc) is 3.48. The number of nitrogens with zero attached hydrogens (tertiary/aromatic N) is 4. The molecule has 2 aromatic carbocycles. The monoisotopic (exact) mass is 490 g/mol. The molecule has 4 unspecified atom stereocenters. The molecule has 1 fully saturated rings. The number of aromatic nitrogens is 4. The number of likely N-dealkylation sites (N-methyl/N-ethyl adjacent to an activating group) is 1. The Morgan fingerprint density at radius 2 is 1.92 bits per heavy atom. The Morgan fingerprint density at radius 1 is 1.11 bits per heavy atom. The highest BCUT2D eigenvalue weighted by Crippen LogP contribution is 2.34. The summed E-state index contributed by atoms with van der Waals surface area (Å²) in [5, 5.41) is 26.9. The molecule has 36 heavy (non-hydrogen) atoms. The lowest BCUT2D eigenvalue weighted by atomic mass is 10.1. The van der Waals surface area contributed by atoms with Crippen molar-refractivity contribution >= 4 is 22.9 Å². The molecule has 1 aliphatic rings. The summed E-state index contributed by atoms with van der Waals surface area (Å²) in [5.41, 5.74) is 2.58. The van der Waals surface area contributed by atoms with Gasteiger partial charge in [0.25, 0.3) is 5.91 Å². The van der Waals surface area contributed by atoms with Crippen LogP contribution < -0.4 is 15.4 Å². The Labute approximate surface area is 206 Å². The Kier molecular flexibility index (Phi) is 6.51. The van der Waals surface area contributed by atoms with Crippen molar-refractivity contribution in [2.75, 3.05) is 19.5 Å². The molecule has 0 spiro atoms. The number of benzene rings is 2. The zero-order chi connectivity index (χ0) is 25.2. The molecule has 0 radical (unpaired) electrons. The van der Waals surface area contributed by atoms with Crippen LogP contribution in [0.15, 0.2) is 60.9 Å². The van der Waals surface area contributed by atoms with Crippen LogP contribution in [-0.2, 0) is 16.1 Å². The first-order valence-corrected chi connectivity index (χ1v) is 11.4. The van der Waals surface area contributed by atoms with Gasteiger partial charge in [0, 0.05) is 19.2 Å². The number of nitrogens with one attached hydrogen (secondary N) is 2. The van der Waals surface area contributed by atoms with E-state index in [0.717, 1.165) is 5.56 Å². The number of fused-ring (bicyclic) bond motifs is 1. The van der Waals surface area contributed by atoms with Gasteiger partial charge >= 0.3 is 0 Å². The number of hydrogen-bond acceptors (Lipinski definition) is 9. The Bertz CT molecular complexity index is 1380. The predicted molar refractivity (Wildman–Crippen MR) is 131 cm³/mol. The van der Waals surface area contributed by atoms with Crippen LogP contribution in [0.3, 0.4) is 0 Å². The van der Waals surface area contributed by atoms with Crippen molar-refractivity contribution in [3.63, 3.8) is 0 Å². The second-order valence-corrected chi connectivity index (χ2v) is 8.33. The van der Waals surface area contributed by atoms with Crippen LogP contribution in [0.5, 0.6) is 5.75 Å². The van der Waals surface area contributed by atoms with Crippen molar-refractivity contribution in [3.8, 4) is 17.1 Å². The van der Waals surface area contributed by atoms with Crippen LogP contribution in [0.2, 0.25) is 0 Å². The molecule has 5 rings (SSSR count). The van der Waals surface area contributed by atoms with Crippen molar-refractivity contribution in [1.29, 1.82) is 0 Å². The van der Waals surface area contributed by atoms with Gasteiger partial charge in [-0.25, -0.2) is 15.0 Å². The van der Waals surface area contributed by atoms with E-state index in [2.05, 4.69) is 15.6 Å². The topological polar surface area (TPSA) is 144 Å². The second kappa shape index (κ2) is 9.90. The third-order valence-corrected chi connectivity index (χ3v) is 6.07. The van der Waals surface area contributed by atoms with Crippen molar-refractivity contribution in [2.24, 2.45) is 0 Å². The Balaban J connectivity index is 1.59. The number of methoxy groups -OCH3 is 1. The summed E-state index contributed by atoms with van der Waals surface area (Å²) < 4.78 is 12.6. The minimum Gasteiger partial charge on any atom is -0.497 e. The van der Waals surface area contributed by atoms with E-state index in [-0.39, 0.29) is 0 Å². The van der Waals surface area contributed by atoms with E-state index in [4.69, 9.17) is 19.4 Å². The van der Waals surface area contributed by atoms with Crippen molar-refractivity contribution in [3.05, 3.63) is 66.5 Å². The van der Waals surface area contributed by atoms with E-state index in [0.29, 0.717) is 40.7 Å². The van der Waals surface area contributed by atoms with E-state index in [1.807, 2.05) is 54.6 Å². The molecular weight excluding hydrogens is 464 g/mol. The highest BCUT2D eigenvalue weighted by atomic mass is 16.6. The fourth-order valence-electron chi connectivity index (χ4n) is 4.15. The lowest BCUT2D eigenvalue weighted by Gasteiger charge is -2.17. The summed E-state index contributed by atoms with van der Waals surface area (Å²) in [7, 11) is 3.02. The number of amides is 1. The summed E-state index contributed by atoms with van der Waals surface area (Å²) in [4.78, 5) is 26.0. The maximum Gasteiger partial charge on any atom is 0.251 e. The molecule has 186 valence electrons. The van der Waals surface area contributed by atoms with Gasteiger partial charge in [0.05, 0.1) is 13.4 Å². The quantitative estimate of drug-likeness (QED) is 0.303. The molecular formula is C25H26N6O5. The normalized spacial score (nSPS) is 21.4. The molecule has 1 amide bonds. The molecule has 2 aromatic heterocycles. The summed E-state index contributed by atoms with van der Waals surface area (Å²) in [6.45, 7) is 0.497. The van der Waals surface area contributed by atoms with Crippen LogP contribution in [0, 0.1) is 0 Å². The fraction of sp³-hybridized carbons (Fsp3) is 0.280. The zero-order valence-corrected chi connectivity index (χ0v) is 19.7. The lowest BCUT2D eigenvalue weighted by molar-refractivity contribution is -0.137. The first-order chi connectivity index (χ1) is 17.5. The average molecular weight is 491 g/mol. The van der Waals surface area contributed by atoms with Crippen LogP contribution in [-0.4, -0.2) is 68.1 Å². The van der Waals surface area contributed by atoms with E-state index in [1.165, 1.54) is 17.9 Å². The van der Waals surface area contributed by atoms with Crippen molar-refractivity contribution in [2.45, 2.75) is 31.1 Å². The molecule has 0 saturated carbocycles. The molecule has 3 heterocycles. The highest BCUT2D eigenvalue weighted by Gasteiger charge is 2.47. The van der Waals surface area contributed by atoms with E-state index >= 15 is 0 Å². The standard InChI is InChI=1S/C25H26N6O5/c1-26-24(34)20-18(32)19(33)25(36-20)31-13-28-17-22(27-12-14-7-4-3-5-8-14)29-21(30-23(17)31)15-9-6-10-16(11-15)35-2/h3-11,13,18-20,25,32-33H,12H2,1-2H3,(H,26,34)(H,27,29,30). The van der Waals surface area contributed by atoms with Gasteiger partial charge in [0.2, 0.25) is 0 Å². The number of anilines is 1. The zero-order valence-electron chi connectivity index (χ0n) is 19.7. The molecule has 1 aliphatic heterocycles. The highest BCUT2D eigenvalue weighted by molar-refractivity contribution is 5.85. The van der Waals surface area contributed by atoms with Crippen molar-refractivity contribution in [1.82, 2.24) is 24.8 Å². The largest absolute Gasteiger partial charge is 0.497 e. The van der Waals surface area contributed by atoms with Gasteiger partial charge in [-0.05, 0) is 17.7 Å². The molecule has 0 aliphatic carbocycles. The second-order valence-electron chi connectivity index (χ2n) is 8.33. The van der Waals surface area contributed by atoms with Crippen LogP contribution in [0.25, 0.3) is 22.6 Å². The summed E-state index contributed by atoms with van der Waals surface area (Å²) >= 11 is 0. The number of aliphatic hydroxyl groups is 2. The summed E-state index contributed by atoms with van der Waals surface area (Å²) in [6, 6.07) is 17.2. The van der Waals surface area contributed by atoms with Gasteiger partial charge in [-0.3, -0.25) is 9.36 Å². The predicted octanol–water partition coefficient (Wildman–Crippen LogP) is 1.48. The molecule has 1 saturated heterocycles. The molecule has 4 aromatic rings. The molecule has 11 nitrogen and oxygen atoms in total. The van der Waals surface area contributed by atoms with Gasteiger partial charge in [-0.2, -0.15) is 0 Å². The number of imidazole rings is 1. The van der Waals surface area contributed by atoms with Crippen LogP contribution >= 0.6 is 0 Å². The molecule has 4 atom stereocenters. The first kappa shape index (κ1) is 23.7. The Hall–Kier alpha value is -4.06. The van der Waals surface area contributed by atoms with Crippen LogP contribution in [0.1, 0.15) is 11.8 Å². The minimum absolute atomic E-state index is 0.368. The minimum atomic E-state index is -1.41. The maximum atomic E-state index is 12.1. The smallest absolute Gasteiger partial charge is 0.251 e. The third kappa shape index (κ3) is 4.35. The first-order valence-electron chi connectivity index (χ1n) is 11.4. The van der Waals surface area contributed by atoms with E-state index in [9.17, 15) is 15.0 Å². The fourth-order valence-corrected chi connectivity index (χ4v) is 4.15. The Morgan fingerprint density at radius 3 is 2.67 bits per heavy atom. The van der Waals surface area contributed by atoms with E-state index in [1.54, 1.807) is 7.11 Å². The van der Waals surface area contributed by atoms with Crippen LogP contribution in [0.4, 0.5) is 5.82 Å². The number of rotatable bonds is 7. The van der Waals surface area contributed by atoms with Gasteiger partial charge < -0.3 is 30.3 Å². The van der Waals surface area contributed by atoms with Gasteiger partial charge in [0.15, 0.2) is 35.1 Å². The molecule has 4 N–H and O–H groups in total. The number of hydrogen-bond donors (Lipinski definition) is 4. The lowest BCUT2D eigenvalue weighted by Crippen LogP contribution is -2.41. The summed E-state index contributed by atoms with van der Waals surface area (Å²) in [6.07, 6.45) is -3.65. The number of ether oxygens (including phenoxy) is 2. The SMILES string of the molecule is CNC(=O)C1OC(n2cnc3c(NCc4ccccc4)nc(-c4cccc(OC)c4)nc32)C(O)C1O. The summed E-state index contributed by atoms with van der Waals surface area (Å²) in [5.74, 6) is 0.992. The number of carbonyl (C=O) groups is 1. The molecule has 11 heteroatoms. The number of carbonyl (C=O) groups excluding carboxylic acids is 1. The third-order valence-electron chi connectivity index (χ3n) is 6.07.